The molecule has 28 heavy (non-hydrogen) atoms. The van der Waals surface area contributed by atoms with Crippen LogP contribution in [0.2, 0.25) is 0 Å². The number of ether oxygens (including phenoxy) is 2. The highest BCUT2D eigenvalue weighted by Crippen LogP contribution is 2.31. The van der Waals surface area contributed by atoms with Crippen LogP contribution >= 0.6 is 0 Å². The highest BCUT2D eigenvalue weighted by molar-refractivity contribution is 7.92. The van der Waals surface area contributed by atoms with Gasteiger partial charge in [-0.3, -0.25) is 9.52 Å². The zero-order chi connectivity index (χ0) is 20.1. The van der Waals surface area contributed by atoms with E-state index in [0.29, 0.717) is 25.1 Å². The molecule has 3 rings (SSSR count). The largest absolute Gasteiger partial charge is 0.497 e. The molecule has 7 nitrogen and oxygen atoms in total. The first-order chi connectivity index (χ1) is 13.4. The SMILES string of the molecule is COCC(=O)N1CCc2cc(NS(=O)(=O)CCc3ccc(OC)cc3)ccc21. The Labute approximate surface area is 165 Å². The van der Waals surface area contributed by atoms with Gasteiger partial charge in [-0.05, 0) is 54.3 Å². The van der Waals surface area contributed by atoms with E-state index in [1.165, 1.54) is 7.11 Å². The fourth-order valence-corrected chi connectivity index (χ4v) is 4.29. The lowest BCUT2D eigenvalue weighted by Gasteiger charge is -2.17. The molecule has 0 aromatic heterocycles. The summed E-state index contributed by atoms with van der Waals surface area (Å²) in [6.45, 7) is 0.602. The summed E-state index contributed by atoms with van der Waals surface area (Å²) in [6.07, 6.45) is 1.09. The minimum atomic E-state index is -3.49. The minimum absolute atomic E-state index is 0.0190. The monoisotopic (exact) mass is 404 g/mol. The second kappa shape index (κ2) is 8.62. The Morgan fingerprint density at radius 1 is 1.14 bits per heavy atom. The van der Waals surface area contributed by atoms with Gasteiger partial charge in [0.15, 0.2) is 0 Å². The molecule has 1 aliphatic rings. The maximum atomic E-state index is 12.4. The molecule has 0 bridgehead atoms. The zero-order valence-corrected chi connectivity index (χ0v) is 16.8. The van der Waals surface area contributed by atoms with E-state index in [1.807, 2.05) is 24.3 Å². The van der Waals surface area contributed by atoms with Crippen molar-refractivity contribution < 1.29 is 22.7 Å². The van der Waals surface area contributed by atoms with Crippen molar-refractivity contribution in [3.8, 4) is 5.75 Å². The van der Waals surface area contributed by atoms with E-state index >= 15 is 0 Å². The van der Waals surface area contributed by atoms with E-state index in [2.05, 4.69) is 4.72 Å². The van der Waals surface area contributed by atoms with Crippen LogP contribution in [0.1, 0.15) is 11.1 Å². The Hall–Kier alpha value is -2.58. The van der Waals surface area contributed by atoms with Crippen LogP contribution in [0.3, 0.4) is 0 Å². The molecule has 1 aliphatic heterocycles. The molecule has 1 amide bonds. The Morgan fingerprint density at radius 3 is 2.57 bits per heavy atom. The first-order valence-corrected chi connectivity index (χ1v) is 10.6. The van der Waals surface area contributed by atoms with Crippen molar-refractivity contribution in [2.75, 3.05) is 42.7 Å². The Balaban J connectivity index is 1.63. The fraction of sp³-hybridized carbons (Fsp3) is 0.350. The molecule has 1 N–H and O–H groups in total. The molecule has 0 unspecified atom stereocenters. The number of sulfonamides is 1. The van der Waals surface area contributed by atoms with Crippen LogP contribution in [0, 0.1) is 0 Å². The number of carbonyl (C=O) groups is 1. The second-order valence-electron chi connectivity index (χ2n) is 6.59. The van der Waals surface area contributed by atoms with Gasteiger partial charge in [-0.1, -0.05) is 12.1 Å². The molecular formula is C20H24N2O5S. The number of hydrogen-bond acceptors (Lipinski definition) is 5. The first kappa shape index (κ1) is 20.2. The van der Waals surface area contributed by atoms with Gasteiger partial charge >= 0.3 is 0 Å². The molecule has 0 spiro atoms. The van der Waals surface area contributed by atoms with Gasteiger partial charge in [0.1, 0.15) is 12.4 Å². The number of benzene rings is 2. The van der Waals surface area contributed by atoms with Gasteiger partial charge in [0.05, 0.1) is 12.9 Å². The Kier molecular flexibility index (Phi) is 6.21. The van der Waals surface area contributed by atoms with Gasteiger partial charge < -0.3 is 14.4 Å². The first-order valence-electron chi connectivity index (χ1n) is 8.97. The standard InChI is InChI=1S/C20H24N2O5S/c1-26-14-20(23)22-11-9-16-13-17(5-8-19(16)22)21-28(24,25)12-10-15-3-6-18(27-2)7-4-15/h3-8,13,21H,9-12,14H2,1-2H3. The molecule has 0 saturated heterocycles. The van der Waals surface area contributed by atoms with Gasteiger partial charge in [0.25, 0.3) is 5.91 Å². The van der Waals surface area contributed by atoms with Crippen molar-refractivity contribution in [3.05, 3.63) is 53.6 Å². The number of aryl methyl sites for hydroxylation is 1. The third kappa shape index (κ3) is 4.82. The molecule has 2 aromatic rings. The molecule has 1 heterocycles. The summed E-state index contributed by atoms with van der Waals surface area (Å²) in [5.41, 5.74) is 3.19. The van der Waals surface area contributed by atoms with Gasteiger partial charge in [-0.15, -0.1) is 0 Å². The molecule has 150 valence electrons. The molecule has 0 atom stereocenters. The van der Waals surface area contributed by atoms with E-state index in [-0.39, 0.29) is 18.3 Å². The number of carbonyl (C=O) groups excluding carboxylic acids is 1. The van der Waals surface area contributed by atoms with Crippen molar-refractivity contribution in [1.82, 2.24) is 0 Å². The maximum absolute atomic E-state index is 12.4. The number of anilines is 2. The summed E-state index contributed by atoms with van der Waals surface area (Å²) >= 11 is 0. The molecule has 0 aliphatic carbocycles. The number of amides is 1. The molecule has 0 radical (unpaired) electrons. The number of fused-ring (bicyclic) bond motifs is 1. The summed E-state index contributed by atoms with van der Waals surface area (Å²) in [5, 5.41) is 0. The number of methoxy groups -OCH3 is 2. The summed E-state index contributed by atoms with van der Waals surface area (Å²) in [5.74, 6) is 0.615. The Bertz CT molecular complexity index is 942. The van der Waals surface area contributed by atoms with Crippen LogP contribution < -0.4 is 14.4 Å². The van der Waals surface area contributed by atoms with Crippen LogP contribution in [0.5, 0.6) is 5.75 Å². The highest BCUT2D eigenvalue weighted by atomic mass is 32.2. The van der Waals surface area contributed by atoms with Crippen molar-refractivity contribution in [1.29, 1.82) is 0 Å². The van der Waals surface area contributed by atoms with Crippen molar-refractivity contribution in [3.63, 3.8) is 0 Å². The quantitative estimate of drug-likeness (QED) is 0.729. The van der Waals surface area contributed by atoms with Crippen LogP contribution in [-0.2, 0) is 32.4 Å². The molecule has 8 heteroatoms. The molecule has 0 saturated carbocycles. The number of nitrogens with zero attached hydrogens (tertiary/aromatic N) is 1. The fourth-order valence-electron chi connectivity index (χ4n) is 3.20. The summed E-state index contributed by atoms with van der Waals surface area (Å²) in [6, 6.07) is 12.6. The topological polar surface area (TPSA) is 84.9 Å². The average molecular weight is 404 g/mol. The van der Waals surface area contributed by atoms with Crippen molar-refractivity contribution in [2.45, 2.75) is 12.8 Å². The van der Waals surface area contributed by atoms with E-state index in [4.69, 9.17) is 9.47 Å². The normalized spacial score (nSPS) is 13.3. The van der Waals surface area contributed by atoms with E-state index < -0.39 is 10.0 Å². The molecular weight excluding hydrogens is 380 g/mol. The van der Waals surface area contributed by atoms with Crippen LogP contribution in [0.25, 0.3) is 0 Å². The van der Waals surface area contributed by atoms with Gasteiger partial charge in [0.2, 0.25) is 10.0 Å². The zero-order valence-electron chi connectivity index (χ0n) is 16.0. The lowest BCUT2D eigenvalue weighted by molar-refractivity contribution is -0.122. The highest BCUT2D eigenvalue weighted by Gasteiger charge is 2.25. The third-order valence-corrected chi connectivity index (χ3v) is 5.92. The van der Waals surface area contributed by atoms with E-state index in [9.17, 15) is 13.2 Å². The summed E-state index contributed by atoms with van der Waals surface area (Å²) in [7, 11) is -0.411. The van der Waals surface area contributed by atoms with E-state index in [0.717, 1.165) is 22.6 Å². The van der Waals surface area contributed by atoms with E-state index in [1.54, 1.807) is 30.2 Å². The number of nitrogens with one attached hydrogen (secondary N) is 1. The summed E-state index contributed by atoms with van der Waals surface area (Å²) in [4.78, 5) is 13.7. The van der Waals surface area contributed by atoms with Crippen LogP contribution in [0.4, 0.5) is 11.4 Å². The van der Waals surface area contributed by atoms with Crippen LogP contribution in [0.15, 0.2) is 42.5 Å². The predicted molar refractivity (Wildman–Crippen MR) is 108 cm³/mol. The second-order valence-corrected chi connectivity index (χ2v) is 8.43. The van der Waals surface area contributed by atoms with Crippen molar-refractivity contribution >= 4 is 27.3 Å². The summed E-state index contributed by atoms with van der Waals surface area (Å²) < 4.78 is 37.5. The molecule has 0 fully saturated rings. The van der Waals surface area contributed by atoms with Gasteiger partial charge in [-0.2, -0.15) is 0 Å². The van der Waals surface area contributed by atoms with Crippen LogP contribution in [-0.4, -0.2) is 47.4 Å². The van der Waals surface area contributed by atoms with Crippen molar-refractivity contribution in [2.24, 2.45) is 0 Å². The predicted octanol–water partition coefficient (Wildman–Crippen LogP) is 2.22. The minimum Gasteiger partial charge on any atom is -0.497 e. The average Bonchev–Trinajstić information content (AvgIpc) is 3.10. The van der Waals surface area contributed by atoms with Gasteiger partial charge in [0, 0.05) is 25.0 Å². The smallest absolute Gasteiger partial charge is 0.252 e. The Morgan fingerprint density at radius 2 is 1.89 bits per heavy atom. The maximum Gasteiger partial charge on any atom is 0.252 e. The molecule has 2 aromatic carbocycles. The lowest BCUT2D eigenvalue weighted by Crippen LogP contribution is -2.31. The number of rotatable bonds is 8. The lowest BCUT2D eigenvalue weighted by atomic mass is 10.1. The number of hydrogen-bond donors (Lipinski definition) is 1. The third-order valence-electron chi connectivity index (χ3n) is 4.64. The van der Waals surface area contributed by atoms with Gasteiger partial charge in [-0.25, -0.2) is 8.42 Å².